The molecule has 0 aliphatic carbocycles. The summed E-state index contributed by atoms with van der Waals surface area (Å²) in [5, 5.41) is 14.3. The number of nitro benzene ring substituents is 1. The molecule has 0 radical (unpaired) electrons. The molecule has 0 atom stereocenters. The minimum Gasteiger partial charge on any atom is -0.398 e. The third kappa shape index (κ3) is 3.40. The van der Waals surface area contributed by atoms with Gasteiger partial charge >= 0.3 is 0 Å². The van der Waals surface area contributed by atoms with Crippen LogP contribution in [0.15, 0.2) is 18.2 Å². The van der Waals surface area contributed by atoms with E-state index in [1.54, 1.807) is 4.90 Å². The number of nitrogens with zero attached hydrogens (tertiary/aromatic N) is 2. The molecule has 7 nitrogen and oxygen atoms in total. The first-order valence-corrected chi connectivity index (χ1v) is 7.55. The zero-order chi connectivity index (χ0) is 15.7. The lowest BCUT2D eigenvalue weighted by Crippen LogP contribution is -2.44. The van der Waals surface area contributed by atoms with Crippen molar-refractivity contribution in [2.45, 2.75) is 19.3 Å². The van der Waals surface area contributed by atoms with Crippen LogP contribution < -0.4 is 11.1 Å². The molecule has 2 aliphatic rings. The highest BCUT2D eigenvalue weighted by Crippen LogP contribution is 2.37. The predicted molar refractivity (Wildman–Crippen MR) is 89.8 cm³/mol. The lowest BCUT2D eigenvalue weighted by Gasteiger charge is -2.39. The van der Waals surface area contributed by atoms with Crippen LogP contribution in [0, 0.1) is 15.5 Å². The van der Waals surface area contributed by atoms with Crippen molar-refractivity contribution in [1.82, 2.24) is 10.2 Å². The molecule has 2 heterocycles. The van der Waals surface area contributed by atoms with Crippen molar-refractivity contribution in [3.63, 3.8) is 0 Å². The second-order valence-corrected chi connectivity index (χ2v) is 6.25. The fourth-order valence-corrected chi connectivity index (χ4v) is 3.42. The van der Waals surface area contributed by atoms with Gasteiger partial charge in [0.25, 0.3) is 11.6 Å². The van der Waals surface area contributed by atoms with E-state index in [2.05, 4.69) is 5.32 Å². The highest BCUT2D eigenvalue weighted by atomic mass is 35.5. The molecule has 3 N–H and O–H groups in total. The largest absolute Gasteiger partial charge is 0.398 e. The van der Waals surface area contributed by atoms with E-state index in [1.807, 2.05) is 0 Å². The van der Waals surface area contributed by atoms with Gasteiger partial charge in [0.1, 0.15) is 0 Å². The summed E-state index contributed by atoms with van der Waals surface area (Å²) in [6, 6.07) is 4.03. The molecule has 2 fully saturated rings. The molecule has 126 valence electrons. The first-order chi connectivity index (χ1) is 10.5. The third-order valence-electron chi connectivity index (χ3n) is 4.92. The average Bonchev–Trinajstić information content (AvgIpc) is 2.96. The number of nitro groups is 1. The van der Waals surface area contributed by atoms with E-state index < -0.39 is 4.92 Å². The van der Waals surface area contributed by atoms with E-state index in [4.69, 9.17) is 5.73 Å². The SMILES string of the molecule is Cl.Nc1ccc([N+](=O)[O-])cc1C(=O)N1CCC2(CCNC2)CC1. The van der Waals surface area contributed by atoms with Gasteiger partial charge in [-0.2, -0.15) is 0 Å². The monoisotopic (exact) mass is 340 g/mol. The zero-order valence-electron chi connectivity index (χ0n) is 12.8. The smallest absolute Gasteiger partial charge is 0.270 e. The maximum Gasteiger partial charge on any atom is 0.270 e. The molecule has 0 bridgehead atoms. The Labute approximate surface area is 140 Å². The Balaban J connectivity index is 0.00000192. The summed E-state index contributed by atoms with van der Waals surface area (Å²) in [4.78, 5) is 24.7. The quantitative estimate of drug-likeness (QED) is 0.485. The van der Waals surface area contributed by atoms with Crippen LogP contribution in [0.1, 0.15) is 29.6 Å². The molecule has 2 aliphatic heterocycles. The summed E-state index contributed by atoms with van der Waals surface area (Å²) < 4.78 is 0. The van der Waals surface area contributed by atoms with Crippen LogP contribution in [-0.4, -0.2) is 41.9 Å². The molecule has 0 unspecified atom stereocenters. The Kier molecular flexibility index (Phi) is 5.11. The fourth-order valence-electron chi connectivity index (χ4n) is 3.42. The maximum atomic E-state index is 12.6. The summed E-state index contributed by atoms with van der Waals surface area (Å²) in [6.45, 7) is 3.44. The van der Waals surface area contributed by atoms with Gasteiger partial charge in [-0.05, 0) is 37.3 Å². The fraction of sp³-hybridized carbons (Fsp3) is 0.533. The molecular weight excluding hydrogens is 320 g/mol. The number of nitrogens with one attached hydrogen (secondary N) is 1. The number of benzene rings is 1. The van der Waals surface area contributed by atoms with Crippen LogP contribution >= 0.6 is 12.4 Å². The molecular formula is C15H21ClN4O3. The average molecular weight is 341 g/mol. The van der Waals surface area contributed by atoms with Crippen LogP contribution in [0.4, 0.5) is 11.4 Å². The van der Waals surface area contributed by atoms with Gasteiger partial charge in [-0.15, -0.1) is 12.4 Å². The van der Waals surface area contributed by atoms with Gasteiger partial charge < -0.3 is 16.0 Å². The number of likely N-dealkylation sites (tertiary alicyclic amines) is 1. The second-order valence-electron chi connectivity index (χ2n) is 6.25. The second kappa shape index (κ2) is 6.72. The van der Waals surface area contributed by atoms with E-state index in [9.17, 15) is 14.9 Å². The van der Waals surface area contributed by atoms with Crippen LogP contribution in [0.2, 0.25) is 0 Å². The standard InChI is InChI=1S/C15H20N4O3.ClH/c16-13-2-1-11(19(21)22)9-12(13)14(20)18-7-4-15(5-8-18)3-6-17-10-15;/h1-2,9,17H,3-8,10,16H2;1H. The predicted octanol–water partition coefficient (Wildman–Crippen LogP) is 1.81. The topological polar surface area (TPSA) is 101 Å². The van der Waals surface area contributed by atoms with Gasteiger partial charge in [0.05, 0.1) is 10.5 Å². The van der Waals surface area contributed by atoms with Crippen molar-refractivity contribution in [2.75, 3.05) is 31.9 Å². The summed E-state index contributed by atoms with van der Waals surface area (Å²) in [5.74, 6) is -0.206. The Morgan fingerprint density at radius 2 is 2.00 bits per heavy atom. The number of carbonyl (C=O) groups excluding carboxylic acids is 1. The molecule has 1 amide bonds. The van der Waals surface area contributed by atoms with Crippen molar-refractivity contribution in [3.8, 4) is 0 Å². The highest BCUT2D eigenvalue weighted by Gasteiger charge is 2.38. The summed E-state index contributed by atoms with van der Waals surface area (Å²) in [5.41, 5.74) is 6.57. The number of carbonyl (C=O) groups is 1. The molecule has 23 heavy (non-hydrogen) atoms. The van der Waals surface area contributed by atoms with Gasteiger partial charge in [-0.25, -0.2) is 0 Å². The number of halogens is 1. The first-order valence-electron chi connectivity index (χ1n) is 7.55. The molecule has 3 rings (SSSR count). The van der Waals surface area contributed by atoms with E-state index >= 15 is 0 Å². The number of amides is 1. The van der Waals surface area contributed by atoms with Crippen LogP contribution in [0.5, 0.6) is 0 Å². The Bertz CT molecular complexity index is 607. The highest BCUT2D eigenvalue weighted by molar-refractivity contribution is 5.99. The molecule has 0 saturated carbocycles. The lowest BCUT2D eigenvalue weighted by atomic mass is 9.78. The van der Waals surface area contributed by atoms with E-state index in [0.29, 0.717) is 24.2 Å². The van der Waals surface area contributed by atoms with Crippen molar-refractivity contribution in [2.24, 2.45) is 5.41 Å². The van der Waals surface area contributed by atoms with Crippen molar-refractivity contribution < 1.29 is 9.72 Å². The van der Waals surface area contributed by atoms with Crippen LogP contribution in [0.25, 0.3) is 0 Å². The Morgan fingerprint density at radius 3 is 2.57 bits per heavy atom. The molecule has 1 spiro atoms. The molecule has 1 aromatic rings. The number of nitrogen functional groups attached to an aromatic ring is 1. The van der Waals surface area contributed by atoms with Gasteiger partial charge in [0.2, 0.25) is 0 Å². The van der Waals surface area contributed by atoms with E-state index in [1.165, 1.54) is 18.2 Å². The Morgan fingerprint density at radius 1 is 1.30 bits per heavy atom. The summed E-state index contributed by atoms with van der Waals surface area (Å²) >= 11 is 0. The third-order valence-corrected chi connectivity index (χ3v) is 4.92. The Hall–Kier alpha value is -1.86. The first kappa shape index (κ1) is 17.5. The number of piperidine rings is 1. The van der Waals surface area contributed by atoms with Gasteiger partial charge in [0.15, 0.2) is 0 Å². The van der Waals surface area contributed by atoms with Crippen molar-refractivity contribution in [1.29, 1.82) is 0 Å². The molecule has 2 saturated heterocycles. The molecule has 0 aromatic heterocycles. The van der Waals surface area contributed by atoms with Crippen LogP contribution in [-0.2, 0) is 0 Å². The van der Waals surface area contributed by atoms with Crippen molar-refractivity contribution in [3.05, 3.63) is 33.9 Å². The zero-order valence-corrected chi connectivity index (χ0v) is 13.6. The molecule has 8 heteroatoms. The number of rotatable bonds is 2. The lowest BCUT2D eigenvalue weighted by molar-refractivity contribution is -0.384. The number of nitrogens with two attached hydrogens (primary N) is 1. The number of hydrogen-bond donors (Lipinski definition) is 2. The van der Waals surface area contributed by atoms with Gasteiger partial charge in [-0.3, -0.25) is 14.9 Å². The van der Waals surface area contributed by atoms with Gasteiger partial charge in [-0.1, -0.05) is 0 Å². The minimum absolute atomic E-state index is 0. The summed E-state index contributed by atoms with van der Waals surface area (Å²) in [7, 11) is 0. The minimum atomic E-state index is -0.508. The normalized spacial score (nSPS) is 19.4. The number of non-ortho nitro benzene ring substituents is 1. The summed E-state index contributed by atoms with van der Waals surface area (Å²) in [6.07, 6.45) is 3.11. The van der Waals surface area contributed by atoms with E-state index in [-0.39, 0.29) is 29.6 Å². The number of anilines is 1. The van der Waals surface area contributed by atoms with Crippen LogP contribution in [0.3, 0.4) is 0 Å². The molecule has 1 aromatic carbocycles. The van der Waals surface area contributed by atoms with Gasteiger partial charge in [0, 0.05) is 37.5 Å². The maximum absolute atomic E-state index is 12.6. The van der Waals surface area contributed by atoms with Crippen molar-refractivity contribution >= 4 is 29.7 Å². The number of hydrogen-bond acceptors (Lipinski definition) is 5. The van der Waals surface area contributed by atoms with E-state index in [0.717, 1.165) is 32.4 Å².